The van der Waals surface area contributed by atoms with Gasteiger partial charge in [0.15, 0.2) is 0 Å². The Hall–Kier alpha value is -1.30. The van der Waals surface area contributed by atoms with Crippen LogP contribution in [0, 0.1) is 0 Å². The van der Waals surface area contributed by atoms with Gasteiger partial charge in [-0.15, -0.1) is 0 Å². The van der Waals surface area contributed by atoms with Crippen molar-refractivity contribution in [2.45, 2.75) is 44.0 Å². The quantitative estimate of drug-likeness (QED) is 0.702. The Bertz CT molecular complexity index is 261. The zero-order valence-electron chi connectivity index (χ0n) is 8.76. The molecule has 2 heterocycles. The normalized spacial score (nSPS) is 30.8. The Morgan fingerprint density at radius 1 is 1.25 bits per heavy atom. The number of rotatable bonds is 4. The number of aliphatic hydroxyl groups excluding tert-OH is 1. The lowest BCUT2D eigenvalue weighted by atomic mass is 10.0. The van der Waals surface area contributed by atoms with Crippen molar-refractivity contribution in [3.63, 3.8) is 0 Å². The van der Waals surface area contributed by atoms with Crippen molar-refractivity contribution in [2.24, 2.45) is 0 Å². The van der Waals surface area contributed by atoms with Gasteiger partial charge in [-0.3, -0.25) is 4.79 Å². The van der Waals surface area contributed by atoms with Crippen molar-refractivity contribution in [3.8, 4) is 0 Å². The molecule has 0 saturated carbocycles. The molecule has 1 N–H and O–H groups in total. The lowest BCUT2D eigenvalue weighted by Crippen LogP contribution is -2.24. The number of carbonyl (C=O) groups is 2. The third-order valence-electron chi connectivity index (χ3n) is 2.69. The summed E-state index contributed by atoms with van der Waals surface area (Å²) in [6.07, 6.45) is -0.157. The van der Waals surface area contributed by atoms with Crippen molar-refractivity contribution in [1.82, 2.24) is 0 Å². The van der Waals surface area contributed by atoms with Crippen LogP contribution in [0.3, 0.4) is 0 Å². The minimum Gasteiger partial charge on any atom is -0.462 e. The third-order valence-corrected chi connectivity index (χ3v) is 2.69. The van der Waals surface area contributed by atoms with Gasteiger partial charge in [-0.05, 0) is 6.42 Å². The van der Waals surface area contributed by atoms with Crippen molar-refractivity contribution in [2.75, 3.05) is 6.61 Å². The Labute approximate surface area is 92.5 Å². The molecule has 2 fully saturated rings. The molecule has 0 aliphatic carbocycles. The molecule has 0 aromatic rings. The minimum atomic E-state index is -0.690. The first-order valence-corrected chi connectivity index (χ1v) is 5.34. The van der Waals surface area contributed by atoms with Gasteiger partial charge >= 0.3 is 12.1 Å². The predicted molar refractivity (Wildman–Crippen MR) is 50.6 cm³/mol. The Balaban J connectivity index is 1.70. The number of hydrogen-bond donors (Lipinski definition) is 1. The molecular weight excluding hydrogens is 216 g/mol. The highest BCUT2D eigenvalue weighted by Crippen LogP contribution is 2.21. The van der Waals surface area contributed by atoms with Crippen molar-refractivity contribution >= 4 is 12.1 Å². The zero-order chi connectivity index (χ0) is 11.5. The van der Waals surface area contributed by atoms with Crippen LogP contribution < -0.4 is 0 Å². The summed E-state index contributed by atoms with van der Waals surface area (Å²) >= 11 is 0. The largest absolute Gasteiger partial charge is 0.508 e. The highest BCUT2D eigenvalue weighted by molar-refractivity contribution is 5.71. The first kappa shape index (κ1) is 11.2. The molecule has 0 radical (unpaired) electrons. The van der Waals surface area contributed by atoms with E-state index in [1.54, 1.807) is 0 Å². The summed E-state index contributed by atoms with van der Waals surface area (Å²) < 4.78 is 14.4. The average Bonchev–Trinajstić information content (AvgIpc) is 2.76. The summed E-state index contributed by atoms with van der Waals surface area (Å²) in [5.41, 5.74) is 0. The number of ether oxygens (including phenoxy) is 3. The van der Waals surface area contributed by atoms with E-state index >= 15 is 0 Å². The standard InChI is InChI=1S/C10H14O6/c11-6(3-7-1-2-9(12)15-7)4-8-5-14-10(13)16-8/h6-8,11H,1-5H2/t6-,7+,8+/m0/s1. The SMILES string of the molecule is O=C1CC[C@H](C[C@H](O)C[C@@H]2COC(=O)O2)O1. The second-order valence-corrected chi connectivity index (χ2v) is 4.08. The van der Waals surface area contributed by atoms with Gasteiger partial charge < -0.3 is 19.3 Å². The first-order chi connectivity index (χ1) is 7.63. The molecule has 90 valence electrons. The van der Waals surface area contributed by atoms with Gasteiger partial charge in [0, 0.05) is 19.3 Å². The molecule has 6 nitrogen and oxygen atoms in total. The maximum absolute atomic E-state index is 10.8. The molecule has 2 aliphatic heterocycles. The van der Waals surface area contributed by atoms with Crippen LogP contribution in [0.2, 0.25) is 0 Å². The molecule has 3 atom stereocenters. The number of hydrogen-bond acceptors (Lipinski definition) is 6. The van der Waals surface area contributed by atoms with Crippen molar-refractivity contribution in [3.05, 3.63) is 0 Å². The van der Waals surface area contributed by atoms with Gasteiger partial charge in [0.2, 0.25) is 0 Å². The summed E-state index contributed by atoms with van der Waals surface area (Å²) in [4.78, 5) is 21.5. The fraction of sp³-hybridized carbons (Fsp3) is 0.800. The maximum atomic E-state index is 10.8. The summed E-state index contributed by atoms with van der Waals surface area (Å²) in [6.45, 7) is 0.181. The Kier molecular flexibility index (Phi) is 3.28. The van der Waals surface area contributed by atoms with Crippen LogP contribution in [0.15, 0.2) is 0 Å². The van der Waals surface area contributed by atoms with E-state index in [2.05, 4.69) is 4.74 Å². The van der Waals surface area contributed by atoms with Crippen LogP contribution in [-0.2, 0) is 19.0 Å². The van der Waals surface area contributed by atoms with E-state index in [4.69, 9.17) is 9.47 Å². The second kappa shape index (κ2) is 4.69. The second-order valence-electron chi connectivity index (χ2n) is 4.08. The number of cyclic esters (lactones) is 3. The molecule has 2 saturated heterocycles. The summed E-state index contributed by atoms with van der Waals surface area (Å²) in [7, 11) is 0. The Morgan fingerprint density at radius 3 is 2.56 bits per heavy atom. The first-order valence-electron chi connectivity index (χ1n) is 5.34. The van der Waals surface area contributed by atoms with E-state index in [1.165, 1.54) is 0 Å². The van der Waals surface area contributed by atoms with Crippen molar-refractivity contribution < 1.29 is 28.9 Å². The maximum Gasteiger partial charge on any atom is 0.508 e. The van der Waals surface area contributed by atoms with Crippen LogP contribution in [0.5, 0.6) is 0 Å². The molecule has 0 amide bonds. The lowest BCUT2D eigenvalue weighted by Gasteiger charge is -2.16. The molecule has 0 bridgehead atoms. The van der Waals surface area contributed by atoms with Crippen LogP contribution in [0.4, 0.5) is 4.79 Å². The van der Waals surface area contributed by atoms with Crippen molar-refractivity contribution in [1.29, 1.82) is 0 Å². The molecule has 2 rings (SSSR count). The highest BCUT2D eigenvalue weighted by atomic mass is 16.8. The monoisotopic (exact) mass is 230 g/mol. The van der Waals surface area contributed by atoms with Gasteiger partial charge in [0.25, 0.3) is 0 Å². The molecule has 0 spiro atoms. The number of aliphatic hydroxyl groups is 1. The number of carbonyl (C=O) groups excluding carboxylic acids is 2. The molecule has 0 unspecified atom stereocenters. The summed E-state index contributed by atoms with van der Waals surface area (Å²) in [5, 5.41) is 9.70. The predicted octanol–water partition coefficient (Wildman–Crippen LogP) is 0.369. The zero-order valence-corrected chi connectivity index (χ0v) is 8.76. The number of esters is 1. The fourth-order valence-electron chi connectivity index (χ4n) is 1.93. The topological polar surface area (TPSA) is 82.1 Å². The summed E-state index contributed by atoms with van der Waals surface area (Å²) in [6, 6.07) is 0. The fourth-order valence-corrected chi connectivity index (χ4v) is 1.93. The average molecular weight is 230 g/mol. The van der Waals surface area contributed by atoms with Gasteiger partial charge in [0.1, 0.15) is 18.8 Å². The third kappa shape index (κ3) is 2.85. The van der Waals surface area contributed by atoms with Gasteiger partial charge in [-0.1, -0.05) is 0 Å². The van der Waals surface area contributed by atoms with E-state index < -0.39 is 12.3 Å². The van der Waals surface area contributed by atoms with E-state index in [9.17, 15) is 14.7 Å². The van der Waals surface area contributed by atoms with Gasteiger partial charge in [-0.25, -0.2) is 4.79 Å². The molecular formula is C10H14O6. The van der Waals surface area contributed by atoms with Crippen LogP contribution in [0.1, 0.15) is 25.7 Å². The van der Waals surface area contributed by atoms with Crippen LogP contribution in [-0.4, -0.2) is 42.1 Å². The molecule has 6 heteroatoms. The van der Waals surface area contributed by atoms with E-state index in [0.717, 1.165) is 0 Å². The van der Waals surface area contributed by atoms with E-state index in [0.29, 0.717) is 25.7 Å². The van der Waals surface area contributed by atoms with E-state index in [-0.39, 0.29) is 24.8 Å². The Morgan fingerprint density at radius 2 is 2.00 bits per heavy atom. The van der Waals surface area contributed by atoms with Gasteiger partial charge in [-0.2, -0.15) is 0 Å². The molecule has 0 aromatic carbocycles. The highest BCUT2D eigenvalue weighted by Gasteiger charge is 2.30. The van der Waals surface area contributed by atoms with Crippen LogP contribution in [0.25, 0.3) is 0 Å². The molecule has 16 heavy (non-hydrogen) atoms. The smallest absolute Gasteiger partial charge is 0.462 e. The van der Waals surface area contributed by atoms with Crippen LogP contribution >= 0.6 is 0 Å². The molecule has 0 aromatic heterocycles. The molecule has 2 aliphatic rings. The summed E-state index contributed by atoms with van der Waals surface area (Å²) in [5.74, 6) is -0.215. The van der Waals surface area contributed by atoms with Gasteiger partial charge in [0.05, 0.1) is 6.10 Å². The lowest BCUT2D eigenvalue weighted by molar-refractivity contribution is -0.142. The minimum absolute atomic E-state index is 0.181. The van der Waals surface area contributed by atoms with E-state index in [1.807, 2.05) is 0 Å².